The molecular formula is C7H12NO2. The molecule has 0 spiro atoms. The SMILES string of the molecule is CC(C)[C@H](N)C(=O)C[C]=O. The molecule has 10 heavy (non-hydrogen) atoms. The zero-order chi connectivity index (χ0) is 8.15. The van der Waals surface area contributed by atoms with Gasteiger partial charge in [-0.05, 0) is 5.92 Å². The third-order valence-electron chi connectivity index (χ3n) is 1.34. The molecule has 0 rings (SSSR count). The lowest BCUT2D eigenvalue weighted by Crippen LogP contribution is -2.35. The number of Topliss-reactive ketones (excluding diaryl/α,β-unsaturated/α-hetero) is 1. The summed E-state index contributed by atoms with van der Waals surface area (Å²) in [6, 6.07) is -0.513. The van der Waals surface area contributed by atoms with Gasteiger partial charge in [-0.25, -0.2) is 0 Å². The molecule has 0 saturated carbocycles. The fourth-order valence-electron chi connectivity index (χ4n) is 0.561. The van der Waals surface area contributed by atoms with Crippen LogP contribution in [0.2, 0.25) is 0 Å². The summed E-state index contributed by atoms with van der Waals surface area (Å²) in [5.74, 6) is -0.133. The zero-order valence-electron chi connectivity index (χ0n) is 6.26. The smallest absolute Gasteiger partial charge is 0.206 e. The molecule has 0 amide bonds. The summed E-state index contributed by atoms with van der Waals surface area (Å²) in [5.41, 5.74) is 5.42. The molecule has 3 nitrogen and oxygen atoms in total. The van der Waals surface area contributed by atoms with Crippen LogP contribution >= 0.6 is 0 Å². The number of hydrogen-bond acceptors (Lipinski definition) is 3. The van der Waals surface area contributed by atoms with Gasteiger partial charge in [0.2, 0.25) is 6.29 Å². The summed E-state index contributed by atoms with van der Waals surface area (Å²) in [4.78, 5) is 20.5. The largest absolute Gasteiger partial charge is 0.321 e. The molecule has 0 saturated heterocycles. The first-order valence-corrected chi connectivity index (χ1v) is 3.23. The van der Waals surface area contributed by atoms with E-state index in [1.807, 2.05) is 13.8 Å². The van der Waals surface area contributed by atoms with E-state index in [0.29, 0.717) is 0 Å². The average Bonchev–Trinajstić information content (AvgIpc) is 1.87. The molecule has 0 aliphatic rings. The van der Waals surface area contributed by atoms with Gasteiger partial charge in [-0.3, -0.25) is 9.59 Å². The minimum Gasteiger partial charge on any atom is -0.321 e. The molecular weight excluding hydrogens is 130 g/mol. The highest BCUT2D eigenvalue weighted by atomic mass is 16.1. The van der Waals surface area contributed by atoms with Gasteiger partial charge in [-0.1, -0.05) is 13.8 Å². The fourth-order valence-corrected chi connectivity index (χ4v) is 0.561. The summed E-state index contributed by atoms with van der Waals surface area (Å²) in [7, 11) is 0. The molecule has 1 radical (unpaired) electrons. The van der Waals surface area contributed by atoms with Crippen molar-refractivity contribution in [2.45, 2.75) is 26.3 Å². The number of carbonyl (C=O) groups excluding carboxylic acids is 2. The van der Waals surface area contributed by atoms with E-state index in [2.05, 4.69) is 0 Å². The zero-order valence-corrected chi connectivity index (χ0v) is 6.26. The number of hydrogen-bond donors (Lipinski definition) is 1. The van der Waals surface area contributed by atoms with E-state index >= 15 is 0 Å². The fraction of sp³-hybridized carbons (Fsp3) is 0.714. The van der Waals surface area contributed by atoms with Crippen molar-refractivity contribution in [2.75, 3.05) is 0 Å². The number of rotatable bonds is 4. The van der Waals surface area contributed by atoms with Crippen LogP contribution in [0.3, 0.4) is 0 Å². The van der Waals surface area contributed by atoms with Gasteiger partial charge in [0.1, 0.15) is 0 Å². The van der Waals surface area contributed by atoms with Crippen LogP contribution in [0.4, 0.5) is 0 Å². The van der Waals surface area contributed by atoms with Crippen LogP contribution < -0.4 is 5.73 Å². The predicted molar refractivity (Wildman–Crippen MR) is 38.1 cm³/mol. The van der Waals surface area contributed by atoms with Crippen molar-refractivity contribution in [1.29, 1.82) is 0 Å². The molecule has 0 aromatic rings. The Morgan fingerprint density at radius 3 is 2.40 bits per heavy atom. The molecule has 0 bridgehead atoms. The molecule has 0 aliphatic carbocycles. The van der Waals surface area contributed by atoms with Gasteiger partial charge in [0.15, 0.2) is 5.78 Å². The highest BCUT2D eigenvalue weighted by molar-refractivity contribution is 5.93. The van der Waals surface area contributed by atoms with Crippen LogP contribution in [0.25, 0.3) is 0 Å². The molecule has 0 aromatic heterocycles. The van der Waals surface area contributed by atoms with Crippen LogP contribution in [0.1, 0.15) is 20.3 Å². The Labute approximate surface area is 60.6 Å². The van der Waals surface area contributed by atoms with Crippen LogP contribution in [-0.2, 0) is 9.59 Å². The van der Waals surface area contributed by atoms with Crippen molar-refractivity contribution in [3.8, 4) is 0 Å². The second kappa shape index (κ2) is 4.17. The molecule has 0 unspecified atom stereocenters. The van der Waals surface area contributed by atoms with Crippen molar-refractivity contribution in [3.05, 3.63) is 0 Å². The molecule has 1 atom stereocenters. The average molecular weight is 142 g/mol. The van der Waals surface area contributed by atoms with Crippen molar-refractivity contribution < 1.29 is 9.59 Å². The minimum atomic E-state index is -0.513. The first-order valence-electron chi connectivity index (χ1n) is 3.23. The van der Waals surface area contributed by atoms with Gasteiger partial charge in [-0.15, -0.1) is 0 Å². The van der Waals surface area contributed by atoms with Crippen molar-refractivity contribution in [2.24, 2.45) is 11.7 Å². The highest BCUT2D eigenvalue weighted by Crippen LogP contribution is 2.00. The maximum Gasteiger partial charge on any atom is 0.206 e. The van der Waals surface area contributed by atoms with Crippen LogP contribution in [0.15, 0.2) is 0 Å². The number of nitrogens with two attached hydrogens (primary N) is 1. The first kappa shape index (κ1) is 9.30. The Bertz CT molecular complexity index is 132. The molecule has 0 aromatic carbocycles. The van der Waals surface area contributed by atoms with Gasteiger partial charge in [0, 0.05) is 0 Å². The topological polar surface area (TPSA) is 60.2 Å². The standard InChI is InChI=1S/C7H12NO2/c1-5(2)7(8)6(10)3-4-9/h5,7H,3,8H2,1-2H3/t7-/m0/s1. The lowest BCUT2D eigenvalue weighted by atomic mass is 10.00. The van der Waals surface area contributed by atoms with Crippen molar-refractivity contribution in [3.63, 3.8) is 0 Å². The Kier molecular flexibility index (Phi) is 3.88. The Hall–Kier alpha value is -0.700. The maximum atomic E-state index is 10.8. The summed E-state index contributed by atoms with van der Waals surface area (Å²) in [6.07, 6.45) is 1.34. The van der Waals surface area contributed by atoms with E-state index in [1.54, 1.807) is 0 Å². The van der Waals surface area contributed by atoms with E-state index in [4.69, 9.17) is 5.73 Å². The van der Waals surface area contributed by atoms with Crippen molar-refractivity contribution in [1.82, 2.24) is 0 Å². The molecule has 2 N–H and O–H groups in total. The van der Waals surface area contributed by atoms with Crippen LogP contribution in [0, 0.1) is 5.92 Å². The lowest BCUT2D eigenvalue weighted by molar-refractivity contribution is -0.119. The van der Waals surface area contributed by atoms with Gasteiger partial charge < -0.3 is 5.73 Å². The van der Waals surface area contributed by atoms with E-state index in [0.717, 1.165) is 0 Å². The Morgan fingerprint density at radius 1 is 1.60 bits per heavy atom. The quantitative estimate of drug-likeness (QED) is 0.564. The summed E-state index contributed by atoms with van der Waals surface area (Å²) in [5, 5.41) is 0. The van der Waals surface area contributed by atoms with Gasteiger partial charge in [-0.2, -0.15) is 0 Å². The number of ketones is 1. The highest BCUT2D eigenvalue weighted by Gasteiger charge is 2.15. The van der Waals surface area contributed by atoms with E-state index in [9.17, 15) is 9.59 Å². The summed E-state index contributed by atoms with van der Waals surface area (Å²) in [6.45, 7) is 3.68. The van der Waals surface area contributed by atoms with E-state index < -0.39 is 6.04 Å². The third kappa shape index (κ3) is 2.73. The molecule has 57 valence electrons. The van der Waals surface area contributed by atoms with Gasteiger partial charge >= 0.3 is 0 Å². The van der Waals surface area contributed by atoms with E-state index in [1.165, 1.54) is 6.29 Å². The van der Waals surface area contributed by atoms with Gasteiger partial charge in [0.05, 0.1) is 12.5 Å². The lowest BCUT2D eigenvalue weighted by Gasteiger charge is -2.11. The maximum absolute atomic E-state index is 10.8. The second-order valence-electron chi connectivity index (χ2n) is 2.56. The third-order valence-corrected chi connectivity index (χ3v) is 1.34. The molecule has 0 fully saturated rings. The minimum absolute atomic E-state index is 0.0980. The first-order chi connectivity index (χ1) is 4.59. The van der Waals surface area contributed by atoms with Crippen molar-refractivity contribution >= 4 is 12.1 Å². The molecule has 0 heterocycles. The van der Waals surface area contributed by atoms with Crippen LogP contribution in [-0.4, -0.2) is 18.1 Å². The monoisotopic (exact) mass is 142 g/mol. The number of carbonyl (C=O) groups is 1. The van der Waals surface area contributed by atoms with E-state index in [-0.39, 0.29) is 18.1 Å². The Morgan fingerprint density at radius 2 is 2.10 bits per heavy atom. The summed E-state index contributed by atoms with van der Waals surface area (Å²) >= 11 is 0. The van der Waals surface area contributed by atoms with Gasteiger partial charge in [0.25, 0.3) is 0 Å². The normalized spacial score (nSPS) is 13.2. The molecule has 0 aliphatic heterocycles. The summed E-state index contributed by atoms with van der Waals surface area (Å²) < 4.78 is 0. The Balaban J connectivity index is 3.81. The molecule has 3 heteroatoms. The second-order valence-corrected chi connectivity index (χ2v) is 2.56. The predicted octanol–water partition coefficient (Wildman–Crippen LogP) is 0.0386. The van der Waals surface area contributed by atoms with Crippen LogP contribution in [0.5, 0.6) is 0 Å².